The van der Waals surface area contributed by atoms with Gasteiger partial charge in [0.2, 0.25) is 0 Å². The Morgan fingerprint density at radius 2 is 1.30 bits per heavy atom. The van der Waals surface area contributed by atoms with Gasteiger partial charge in [-0.05, 0) is 72.7 Å². The topological polar surface area (TPSA) is 0 Å². The molecule has 0 atom stereocenters. The van der Waals surface area contributed by atoms with E-state index in [1.54, 1.807) is 5.56 Å². The summed E-state index contributed by atoms with van der Waals surface area (Å²) in [5, 5.41) is 2.90. The van der Waals surface area contributed by atoms with Gasteiger partial charge in [-0.15, -0.1) is 0 Å². The molecule has 0 unspecified atom stereocenters. The molecule has 6 rings (SSSR count). The molecule has 2 aliphatic rings. The van der Waals surface area contributed by atoms with Crippen LogP contribution in [0.15, 0.2) is 66.7 Å². The third-order valence-corrected chi connectivity index (χ3v) is 6.33. The molecule has 0 nitrogen and oxygen atoms in total. The van der Waals surface area contributed by atoms with Gasteiger partial charge in [-0.1, -0.05) is 87.5 Å². The van der Waals surface area contributed by atoms with E-state index in [0.29, 0.717) is 0 Å². The van der Waals surface area contributed by atoms with E-state index in [1.165, 1.54) is 55.3 Å². The van der Waals surface area contributed by atoms with E-state index in [2.05, 4.69) is 87.5 Å². The van der Waals surface area contributed by atoms with Gasteiger partial charge in [0.25, 0.3) is 0 Å². The van der Waals surface area contributed by atoms with Gasteiger partial charge in [-0.25, -0.2) is 0 Å². The van der Waals surface area contributed by atoms with Gasteiger partial charge < -0.3 is 0 Å². The molecule has 0 saturated heterocycles. The maximum Gasteiger partial charge on any atom is -0.00101 e. The van der Waals surface area contributed by atoms with E-state index in [4.69, 9.17) is 0 Å². The summed E-state index contributed by atoms with van der Waals surface area (Å²) in [7, 11) is 0. The van der Waals surface area contributed by atoms with Crippen molar-refractivity contribution in [2.75, 3.05) is 0 Å². The molecule has 0 heterocycles. The van der Waals surface area contributed by atoms with Crippen LogP contribution in [0.5, 0.6) is 0 Å². The molecule has 0 radical (unpaired) electrons. The van der Waals surface area contributed by atoms with Crippen LogP contribution in [0, 0.1) is 0 Å². The lowest BCUT2D eigenvalue weighted by molar-refractivity contribution is 0.591. The number of hydrogen-bond acceptors (Lipinski definition) is 0. The van der Waals surface area contributed by atoms with Crippen LogP contribution in [-0.2, 0) is 11.8 Å². The van der Waals surface area contributed by atoms with Crippen molar-refractivity contribution in [3.63, 3.8) is 0 Å². The van der Waals surface area contributed by atoms with Crippen molar-refractivity contribution in [2.24, 2.45) is 0 Å². The van der Waals surface area contributed by atoms with Gasteiger partial charge in [0.1, 0.15) is 0 Å². The molecule has 0 fully saturated rings. The van der Waals surface area contributed by atoms with Crippen molar-refractivity contribution in [1.82, 2.24) is 0 Å². The Labute approximate surface area is 160 Å². The molecule has 2 aliphatic carbocycles. The van der Waals surface area contributed by atoms with Crippen LogP contribution in [0.4, 0.5) is 0 Å². The Morgan fingerprint density at radius 3 is 2.07 bits per heavy atom. The number of benzene rings is 4. The Hall–Kier alpha value is -2.86. The molecule has 0 N–H and O–H groups in total. The lowest BCUT2D eigenvalue weighted by Crippen LogP contribution is -2.15. The molecule has 0 spiro atoms. The van der Waals surface area contributed by atoms with Crippen molar-refractivity contribution in [1.29, 1.82) is 0 Å². The normalized spacial score (nSPS) is 13.6. The van der Waals surface area contributed by atoms with Crippen molar-refractivity contribution < 1.29 is 0 Å². The highest BCUT2D eigenvalue weighted by molar-refractivity contribution is 6.21. The number of hydrogen-bond donors (Lipinski definition) is 0. The first-order chi connectivity index (χ1) is 13.1. The second-order valence-corrected chi connectivity index (χ2v) is 8.96. The molecule has 0 bridgehead atoms. The third-order valence-electron chi connectivity index (χ3n) is 6.33. The molecule has 27 heavy (non-hydrogen) atoms. The molecule has 4 aromatic carbocycles. The Morgan fingerprint density at radius 1 is 0.630 bits per heavy atom. The van der Waals surface area contributed by atoms with E-state index in [1.807, 2.05) is 0 Å². The second kappa shape index (κ2) is 4.89. The summed E-state index contributed by atoms with van der Waals surface area (Å²) in [5.41, 5.74) is 13.2. The first-order valence-electron chi connectivity index (χ1n) is 9.86. The molecule has 0 aliphatic heterocycles. The molecule has 130 valence electrons. The maximum atomic E-state index is 2.36. The predicted octanol–water partition coefficient (Wildman–Crippen LogP) is 7.36. The first kappa shape index (κ1) is 15.2. The Balaban J connectivity index is 1.90. The summed E-state index contributed by atoms with van der Waals surface area (Å²) in [6.45, 7) is 7.09. The SMILES string of the molecule is CC(C)(C)c1c2c(c3c4c(cccc14)-c1ccccc1-3)-c1ccccc1C2. The summed E-state index contributed by atoms with van der Waals surface area (Å²) >= 11 is 0. The van der Waals surface area contributed by atoms with Crippen LogP contribution < -0.4 is 0 Å². The molecular formula is C27H22. The summed E-state index contributed by atoms with van der Waals surface area (Å²) in [6.07, 6.45) is 1.05. The second-order valence-electron chi connectivity index (χ2n) is 8.96. The molecular weight excluding hydrogens is 324 g/mol. The highest BCUT2D eigenvalue weighted by Crippen LogP contribution is 2.57. The highest BCUT2D eigenvalue weighted by Gasteiger charge is 2.35. The average Bonchev–Trinajstić information content (AvgIpc) is 3.18. The molecule has 0 aromatic heterocycles. The lowest BCUT2D eigenvalue weighted by Gasteiger charge is -2.27. The largest absolute Gasteiger partial charge is 0.0619 e. The standard InChI is InChI=1S/C27H22/c1-27(2,3)26-21-14-8-13-19-18-11-6-7-12-20(18)25(24(19)21)23-17-10-5-4-9-16(17)15-22(23)26/h4-14H,15H2,1-3H3. The van der Waals surface area contributed by atoms with Crippen molar-refractivity contribution in [3.05, 3.63) is 83.4 Å². The fraction of sp³-hybridized carbons (Fsp3) is 0.185. The van der Waals surface area contributed by atoms with Crippen LogP contribution in [0.1, 0.15) is 37.5 Å². The van der Waals surface area contributed by atoms with E-state index in [0.717, 1.165) is 6.42 Å². The van der Waals surface area contributed by atoms with Gasteiger partial charge in [0.15, 0.2) is 0 Å². The Kier molecular flexibility index (Phi) is 2.76. The first-order valence-corrected chi connectivity index (χ1v) is 9.86. The van der Waals surface area contributed by atoms with E-state index < -0.39 is 0 Å². The fourth-order valence-electron chi connectivity index (χ4n) is 5.46. The van der Waals surface area contributed by atoms with Crippen LogP contribution in [-0.4, -0.2) is 0 Å². The van der Waals surface area contributed by atoms with Crippen molar-refractivity contribution in [3.8, 4) is 33.4 Å². The van der Waals surface area contributed by atoms with Gasteiger partial charge in [-0.2, -0.15) is 0 Å². The zero-order valence-electron chi connectivity index (χ0n) is 16.1. The maximum absolute atomic E-state index is 2.36. The minimum absolute atomic E-state index is 0.109. The molecule has 0 saturated carbocycles. The average molecular weight is 346 g/mol. The number of fused-ring (bicyclic) bond motifs is 7. The van der Waals surface area contributed by atoms with Crippen LogP contribution in [0.3, 0.4) is 0 Å². The van der Waals surface area contributed by atoms with Crippen LogP contribution in [0.25, 0.3) is 44.2 Å². The predicted molar refractivity (Wildman–Crippen MR) is 115 cm³/mol. The van der Waals surface area contributed by atoms with E-state index in [-0.39, 0.29) is 5.41 Å². The van der Waals surface area contributed by atoms with E-state index >= 15 is 0 Å². The Bertz CT molecular complexity index is 1270. The minimum atomic E-state index is 0.109. The quantitative estimate of drug-likeness (QED) is 0.269. The molecule has 0 amide bonds. The van der Waals surface area contributed by atoms with Crippen LogP contribution >= 0.6 is 0 Å². The highest BCUT2D eigenvalue weighted by atomic mass is 14.4. The fourth-order valence-corrected chi connectivity index (χ4v) is 5.46. The lowest BCUT2D eigenvalue weighted by atomic mass is 9.77. The molecule has 0 heteroatoms. The summed E-state index contributed by atoms with van der Waals surface area (Å²) in [4.78, 5) is 0. The summed E-state index contributed by atoms with van der Waals surface area (Å²) < 4.78 is 0. The van der Waals surface area contributed by atoms with E-state index in [9.17, 15) is 0 Å². The minimum Gasteiger partial charge on any atom is -0.0619 e. The van der Waals surface area contributed by atoms with Gasteiger partial charge in [0, 0.05) is 0 Å². The van der Waals surface area contributed by atoms with Gasteiger partial charge in [0.05, 0.1) is 0 Å². The van der Waals surface area contributed by atoms with Crippen molar-refractivity contribution in [2.45, 2.75) is 32.6 Å². The summed E-state index contributed by atoms with van der Waals surface area (Å²) in [6, 6.07) is 24.8. The summed E-state index contributed by atoms with van der Waals surface area (Å²) in [5.74, 6) is 0. The smallest absolute Gasteiger partial charge is 0.00101 e. The van der Waals surface area contributed by atoms with Crippen LogP contribution in [0.2, 0.25) is 0 Å². The van der Waals surface area contributed by atoms with Crippen molar-refractivity contribution >= 4 is 10.8 Å². The third kappa shape index (κ3) is 1.83. The van der Waals surface area contributed by atoms with Gasteiger partial charge in [-0.3, -0.25) is 0 Å². The monoisotopic (exact) mass is 346 g/mol. The molecule has 4 aromatic rings. The number of rotatable bonds is 0. The zero-order chi connectivity index (χ0) is 18.3. The van der Waals surface area contributed by atoms with Gasteiger partial charge >= 0.3 is 0 Å². The zero-order valence-corrected chi connectivity index (χ0v) is 16.1.